The van der Waals surface area contributed by atoms with Crippen LogP contribution < -0.4 is 10.2 Å². The van der Waals surface area contributed by atoms with Crippen molar-refractivity contribution >= 4 is 29.1 Å². The number of amides is 2. The Labute approximate surface area is 179 Å². The minimum atomic E-state index is -2.00. The molecular formula is C21H24N6O4. The molecule has 2 aromatic heterocycles. The molecular weight excluding hydrogens is 400 g/mol. The van der Waals surface area contributed by atoms with E-state index in [1.165, 1.54) is 22.2 Å². The second-order valence-electron chi connectivity index (χ2n) is 8.11. The van der Waals surface area contributed by atoms with Gasteiger partial charge in [-0.1, -0.05) is 0 Å². The van der Waals surface area contributed by atoms with Crippen LogP contribution in [0.1, 0.15) is 30.6 Å². The van der Waals surface area contributed by atoms with Gasteiger partial charge in [0.25, 0.3) is 11.8 Å². The van der Waals surface area contributed by atoms with Gasteiger partial charge >= 0.3 is 0 Å². The Morgan fingerprint density at radius 3 is 2.68 bits per heavy atom. The van der Waals surface area contributed by atoms with E-state index in [-0.39, 0.29) is 25.4 Å². The summed E-state index contributed by atoms with van der Waals surface area (Å²) >= 11 is 0. The van der Waals surface area contributed by atoms with E-state index in [1.807, 2.05) is 0 Å². The number of hydrogen-bond donors (Lipinski definition) is 3. The van der Waals surface area contributed by atoms with E-state index >= 15 is 0 Å². The number of aromatic nitrogens is 2. The van der Waals surface area contributed by atoms with Gasteiger partial charge < -0.3 is 25.3 Å². The first-order valence-corrected chi connectivity index (χ1v) is 9.65. The van der Waals surface area contributed by atoms with E-state index in [4.69, 9.17) is 5.26 Å². The monoisotopic (exact) mass is 424 g/mol. The maximum absolute atomic E-state index is 12.5. The van der Waals surface area contributed by atoms with Crippen LogP contribution in [-0.2, 0) is 4.79 Å². The lowest BCUT2D eigenvalue weighted by atomic mass is 10.1. The summed E-state index contributed by atoms with van der Waals surface area (Å²) in [5.41, 5.74) is -2.14. The Morgan fingerprint density at radius 2 is 2.10 bits per heavy atom. The number of carbonyl (C=O) groups excluding carboxylic acids is 2. The minimum Gasteiger partial charge on any atom is -0.389 e. The summed E-state index contributed by atoms with van der Waals surface area (Å²) in [6.07, 6.45) is 2.96. The molecule has 10 nitrogen and oxygen atoms in total. The van der Waals surface area contributed by atoms with Gasteiger partial charge in [-0.15, -0.1) is 0 Å². The fourth-order valence-corrected chi connectivity index (χ4v) is 3.31. The number of anilines is 3. The summed E-state index contributed by atoms with van der Waals surface area (Å²) in [4.78, 5) is 36.0. The summed E-state index contributed by atoms with van der Waals surface area (Å²) in [5.74, 6) is -0.0850. The number of nitrogens with zero attached hydrogens (tertiary/aromatic N) is 5. The van der Waals surface area contributed by atoms with Gasteiger partial charge in [0.1, 0.15) is 17.7 Å². The molecule has 0 unspecified atom stereocenters. The second kappa shape index (κ2) is 8.29. The van der Waals surface area contributed by atoms with Crippen molar-refractivity contribution in [1.29, 1.82) is 5.26 Å². The first kappa shape index (κ1) is 22.1. The first-order chi connectivity index (χ1) is 14.5. The zero-order chi connectivity index (χ0) is 22.8. The Balaban J connectivity index is 1.70. The summed E-state index contributed by atoms with van der Waals surface area (Å²) in [7, 11) is 1.61. The predicted octanol–water partition coefficient (Wildman–Crippen LogP) is 1.05. The number of nitrogens with one attached hydrogen (secondary N) is 1. The number of nitriles is 1. The maximum Gasteiger partial charge on any atom is 0.273 e. The highest BCUT2D eigenvalue weighted by atomic mass is 16.3. The predicted molar refractivity (Wildman–Crippen MR) is 113 cm³/mol. The Bertz CT molecular complexity index is 1030. The maximum atomic E-state index is 12.5. The summed E-state index contributed by atoms with van der Waals surface area (Å²) in [5, 5.41) is 31.9. The third-order valence-electron chi connectivity index (χ3n) is 4.77. The van der Waals surface area contributed by atoms with E-state index in [9.17, 15) is 19.8 Å². The van der Waals surface area contributed by atoms with Gasteiger partial charge in [-0.3, -0.25) is 9.59 Å². The van der Waals surface area contributed by atoms with Crippen molar-refractivity contribution in [2.45, 2.75) is 31.5 Å². The topological polar surface area (TPSA) is 143 Å². The smallest absolute Gasteiger partial charge is 0.273 e. The molecule has 162 valence electrons. The van der Waals surface area contributed by atoms with Crippen LogP contribution in [0, 0.1) is 11.3 Å². The van der Waals surface area contributed by atoms with Crippen LogP contribution in [0.15, 0.2) is 36.7 Å². The fourth-order valence-electron chi connectivity index (χ4n) is 3.31. The van der Waals surface area contributed by atoms with E-state index in [0.717, 1.165) is 0 Å². The van der Waals surface area contributed by atoms with Crippen molar-refractivity contribution < 1.29 is 19.8 Å². The van der Waals surface area contributed by atoms with E-state index < -0.39 is 17.1 Å². The molecule has 2 amide bonds. The van der Waals surface area contributed by atoms with Crippen molar-refractivity contribution in [1.82, 2.24) is 14.9 Å². The minimum absolute atomic E-state index is 0.0341. The quantitative estimate of drug-likeness (QED) is 0.584. The molecule has 0 radical (unpaired) electrons. The van der Waals surface area contributed by atoms with Crippen LogP contribution in [0.4, 0.5) is 17.3 Å². The summed E-state index contributed by atoms with van der Waals surface area (Å²) in [6, 6.07) is 8.11. The second-order valence-corrected chi connectivity index (χ2v) is 8.11. The van der Waals surface area contributed by atoms with Crippen molar-refractivity contribution in [3.8, 4) is 6.07 Å². The molecule has 1 aliphatic rings. The highest BCUT2D eigenvalue weighted by Crippen LogP contribution is 2.29. The first-order valence-electron chi connectivity index (χ1n) is 9.65. The van der Waals surface area contributed by atoms with Crippen LogP contribution in [0.25, 0.3) is 0 Å². The van der Waals surface area contributed by atoms with Crippen LogP contribution in [0.5, 0.6) is 0 Å². The SMILES string of the molecule is CN(CC(C)(C)O)C(=O)c1ccc(Nc2cc(N3CC[C@](O)(C#N)C3=O)ccn2)nc1. The normalized spacial score (nSPS) is 18.6. The molecule has 0 spiro atoms. The number of hydrogen-bond acceptors (Lipinski definition) is 8. The number of aliphatic hydroxyl groups is 2. The molecule has 0 aromatic carbocycles. The Kier molecular flexibility index (Phi) is 5.92. The average molecular weight is 424 g/mol. The van der Waals surface area contributed by atoms with Gasteiger partial charge in [0.15, 0.2) is 0 Å². The van der Waals surface area contributed by atoms with E-state index in [2.05, 4.69) is 15.3 Å². The van der Waals surface area contributed by atoms with E-state index in [0.29, 0.717) is 22.9 Å². The zero-order valence-electron chi connectivity index (χ0n) is 17.5. The summed E-state index contributed by atoms with van der Waals surface area (Å²) in [6.45, 7) is 3.65. The highest BCUT2D eigenvalue weighted by Gasteiger charge is 2.46. The van der Waals surface area contributed by atoms with Crippen molar-refractivity contribution in [3.63, 3.8) is 0 Å². The molecule has 1 atom stereocenters. The average Bonchev–Trinajstić information content (AvgIpc) is 3.02. The standard InChI is InChI=1S/C21H24N6O4/c1-20(2,30)13-26(3)18(28)14-4-5-16(24-11-14)25-17-10-15(6-8-23-17)27-9-7-21(31,12-22)19(27)29/h4-6,8,10-11,30-31H,7,9,13H2,1-3H3,(H,23,24,25)/t21-/m0/s1. The van der Waals surface area contributed by atoms with Gasteiger partial charge in [0, 0.05) is 50.7 Å². The van der Waals surface area contributed by atoms with Crippen molar-refractivity contribution in [2.24, 2.45) is 0 Å². The lowest BCUT2D eigenvalue weighted by molar-refractivity contribution is -0.128. The molecule has 1 aliphatic heterocycles. The molecule has 3 N–H and O–H groups in total. The van der Waals surface area contributed by atoms with Gasteiger partial charge in [-0.25, -0.2) is 9.97 Å². The number of pyridine rings is 2. The molecule has 1 saturated heterocycles. The highest BCUT2D eigenvalue weighted by molar-refractivity contribution is 6.03. The summed E-state index contributed by atoms with van der Waals surface area (Å²) < 4.78 is 0. The molecule has 2 aromatic rings. The van der Waals surface area contributed by atoms with Crippen molar-refractivity contribution in [2.75, 3.05) is 30.4 Å². The number of likely N-dealkylation sites (N-methyl/N-ethyl adjacent to an activating group) is 1. The molecule has 1 fully saturated rings. The van der Waals surface area contributed by atoms with E-state index in [1.54, 1.807) is 51.2 Å². The zero-order valence-corrected chi connectivity index (χ0v) is 17.5. The van der Waals surface area contributed by atoms with Crippen molar-refractivity contribution in [3.05, 3.63) is 42.2 Å². The lowest BCUT2D eigenvalue weighted by Gasteiger charge is -2.25. The van der Waals surface area contributed by atoms with Crippen LogP contribution in [0.2, 0.25) is 0 Å². The lowest BCUT2D eigenvalue weighted by Crippen LogP contribution is -2.39. The van der Waals surface area contributed by atoms with Gasteiger partial charge in [0.05, 0.1) is 11.2 Å². The number of rotatable bonds is 6. The van der Waals surface area contributed by atoms with Crippen LogP contribution in [0.3, 0.4) is 0 Å². The molecule has 0 bridgehead atoms. The van der Waals surface area contributed by atoms with Crippen LogP contribution >= 0.6 is 0 Å². The van der Waals surface area contributed by atoms with Gasteiger partial charge in [0.2, 0.25) is 5.60 Å². The largest absolute Gasteiger partial charge is 0.389 e. The molecule has 0 saturated carbocycles. The Hall–Kier alpha value is -3.55. The molecule has 10 heteroatoms. The van der Waals surface area contributed by atoms with Gasteiger partial charge in [-0.05, 0) is 32.0 Å². The molecule has 3 rings (SSSR count). The molecule has 3 heterocycles. The third kappa shape index (κ3) is 4.96. The van der Waals surface area contributed by atoms with Gasteiger partial charge in [-0.2, -0.15) is 5.26 Å². The van der Waals surface area contributed by atoms with Crippen LogP contribution in [-0.4, -0.2) is 68.2 Å². The Morgan fingerprint density at radius 1 is 1.35 bits per heavy atom. The third-order valence-corrected chi connectivity index (χ3v) is 4.77. The molecule has 31 heavy (non-hydrogen) atoms. The fraction of sp³-hybridized carbons (Fsp3) is 0.381. The molecule has 0 aliphatic carbocycles. The number of carbonyl (C=O) groups is 2.